The molecule has 1 aliphatic heterocycles. The summed E-state index contributed by atoms with van der Waals surface area (Å²) in [5.41, 5.74) is 3.63. The van der Waals surface area contributed by atoms with Crippen LogP contribution < -0.4 is 9.64 Å². The molecule has 3 aromatic rings. The summed E-state index contributed by atoms with van der Waals surface area (Å²) in [6.07, 6.45) is 0.0401. The van der Waals surface area contributed by atoms with Crippen LogP contribution >= 0.6 is 15.9 Å². The highest BCUT2D eigenvalue weighted by Gasteiger charge is 2.36. The molecule has 1 saturated heterocycles. The van der Waals surface area contributed by atoms with E-state index in [1.807, 2.05) is 32.0 Å². The summed E-state index contributed by atoms with van der Waals surface area (Å²) in [7, 11) is 0. The number of ketones is 1. The van der Waals surface area contributed by atoms with Crippen LogP contribution in [0.4, 0.5) is 5.69 Å². The third-order valence-corrected chi connectivity index (χ3v) is 6.60. The first kappa shape index (κ1) is 25.3. The predicted octanol–water partition coefficient (Wildman–Crippen LogP) is 5.06. The van der Waals surface area contributed by atoms with Crippen LogP contribution in [0.5, 0.6) is 5.75 Å². The van der Waals surface area contributed by atoms with Crippen molar-refractivity contribution in [2.75, 3.05) is 18.1 Å². The maximum atomic E-state index is 12.5. The molecule has 4 rings (SSSR count). The third kappa shape index (κ3) is 5.88. The van der Waals surface area contributed by atoms with E-state index in [-0.39, 0.29) is 24.6 Å². The molecule has 3 aromatic carbocycles. The summed E-state index contributed by atoms with van der Waals surface area (Å²) in [6.45, 7) is 3.74. The van der Waals surface area contributed by atoms with Gasteiger partial charge in [0, 0.05) is 28.7 Å². The lowest BCUT2D eigenvalue weighted by Gasteiger charge is -2.17. The van der Waals surface area contributed by atoms with Crippen LogP contribution in [0.1, 0.15) is 38.3 Å². The molecule has 1 atom stereocenters. The van der Waals surface area contributed by atoms with E-state index in [1.165, 1.54) is 24.3 Å². The molecule has 36 heavy (non-hydrogen) atoms. The van der Waals surface area contributed by atoms with Gasteiger partial charge in [0.05, 0.1) is 11.5 Å². The maximum Gasteiger partial charge on any atom is 0.343 e. The Kier molecular flexibility index (Phi) is 7.64. The first-order chi connectivity index (χ1) is 17.2. The normalized spacial score (nSPS) is 15.0. The third-order valence-electron chi connectivity index (χ3n) is 6.07. The number of hydrogen-bond acceptors (Lipinski definition) is 6. The van der Waals surface area contributed by atoms with Gasteiger partial charge in [-0.25, -0.2) is 4.79 Å². The van der Waals surface area contributed by atoms with Gasteiger partial charge in [0.2, 0.25) is 5.91 Å². The number of hydrogen-bond donors (Lipinski definition) is 0. The Hall–Kier alpha value is -3.78. The van der Waals surface area contributed by atoms with Crippen LogP contribution in [0.3, 0.4) is 0 Å². The van der Waals surface area contributed by atoms with E-state index in [0.29, 0.717) is 11.1 Å². The Morgan fingerprint density at radius 3 is 2.25 bits per heavy atom. The summed E-state index contributed by atoms with van der Waals surface area (Å²) >= 11 is 3.31. The van der Waals surface area contributed by atoms with Crippen molar-refractivity contribution in [1.29, 1.82) is 0 Å². The summed E-state index contributed by atoms with van der Waals surface area (Å²) < 4.78 is 11.4. The highest BCUT2D eigenvalue weighted by atomic mass is 79.9. The van der Waals surface area contributed by atoms with Crippen molar-refractivity contribution in [2.24, 2.45) is 5.92 Å². The molecule has 0 bridgehead atoms. The second-order valence-corrected chi connectivity index (χ2v) is 9.54. The number of aryl methyl sites for hydroxylation is 2. The molecular weight excluding hydrogens is 526 g/mol. The standard InChI is InChI=1S/C28H24BrNO6/c1-17-3-10-23(13-18(17)2)30-15-21(14-26(30)32)27(33)35-16-25(31)19-6-11-24(12-7-19)36-28(34)20-4-8-22(29)9-5-20/h3-13,21H,14-16H2,1-2H3/t21-/m1/s1. The number of rotatable bonds is 7. The van der Waals surface area contributed by atoms with Gasteiger partial charge in [-0.1, -0.05) is 22.0 Å². The van der Waals surface area contributed by atoms with Gasteiger partial charge in [-0.3, -0.25) is 14.4 Å². The molecule has 0 aromatic heterocycles. The zero-order valence-electron chi connectivity index (χ0n) is 19.8. The number of amides is 1. The molecule has 0 radical (unpaired) electrons. The van der Waals surface area contributed by atoms with Gasteiger partial charge in [-0.15, -0.1) is 0 Å². The lowest BCUT2D eigenvalue weighted by Crippen LogP contribution is -2.27. The SMILES string of the molecule is Cc1ccc(N2C[C@H](C(=O)OCC(=O)c3ccc(OC(=O)c4ccc(Br)cc4)cc3)CC2=O)cc1C. The molecule has 0 unspecified atom stereocenters. The number of carbonyl (C=O) groups is 4. The average Bonchev–Trinajstić information content (AvgIpc) is 3.26. The zero-order chi connectivity index (χ0) is 25.8. The van der Waals surface area contributed by atoms with Crippen molar-refractivity contribution in [3.8, 4) is 5.75 Å². The molecule has 7 nitrogen and oxygen atoms in total. The minimum Gasteiger partial charge on any atom is -0.457 e. The van der Waals surface area contributed by atoms with Crippen molar-refractivity contribution < 1.29 is 28.7 Å². The van der Waals surface area contributed by atoms with Crippen molar-refractivity contribution in [3.05, 3.63) is 93.5 Å². The lowest BCUT2D eigenvalue weighted by atomic mass is 10.1. The number of esters is 2. The summed E-state index contributed by atoms with van der Waals surface area (Å²) in [5, 5.41) is 0. The molecule has 0 spiro atoms. The molecule has 1 heterocycles. The van der Waals surface area contributed by atoms with Crippen molar-refractivity contribution in [2.45, 2.75) is 20.3 Å². The second kappa shape index (κ2) is 10.9. The molecular formula is C28H24BrNO6. The largest absolute Gasteiger partial charge is 0.457 e. The summed E-state index contributed by atoms with van der Waals surface area (Å²) in [6, 6.07) is 18.5. The minimum atomic E-state index is -0.632. The van der Waals surface area contributed by atoms with Crippen molar-refractivity contribution >= 4 is 45.2 Å². The highest BCUT2D eigenvalue weighted by molar-refractivity contribution is 9.10. The van der Waals surface area contributed by atoms with Crippen LogP contribution in [-0.4, -0.2) is 36.8 Å². The predicted molar refractivity (Wildman–Crippen MR) is 137 cm³/mol. The first-order valence-corrected chi connectivity index (χ1v) is 12.2. The van der Waals surface area contributed by atoms with Crippen LogP contribution in [0, 0.1) is 19.8 Å². The number of nitrogens with zero attached hydrogens (tertiary/aromatic N) is 1. The average molecular weight is 550 g/mol. The number of anilines is 1. The zero-order valence-corrected chi connectivity index (χ0v) is 21.4. The van der Waals surface area contributed by atoms with Crippen LogP contribution in [0.15, 0.2) is 71.2 Å². The first-order valence-electron chi connectivity index (χ1n) is 11.4. The van der Waals surface area contributed by atoms with E-state index in [9.17, 15) is 19.2 Å². The van der Waals surface area contributed by atoms with Crippen LogP contribution in [0.25, 0.3) is 0 Å². The number of ether oxygens (including phenoxy) is 2. The van der Waals surface area contributed by atoms with Gasteiger partial charge in [0.15, 0.2) is 12.4 Å². The van der Waals surface area contributed by atoms with Crippen LogP contribution in [-0.2, 0) is 14.3 Å². The van der Waals surface area contributed by atoms with E-state index < -0.39 is 30.2 Å². The molecule has 1 aliphatic rings. The molecule has 0 N–H and O–H groups in total. The Morgan fingerprint density at radius 1 is 0.917 bits per heavy atom. The molecule has 0 saturated carbocycles. The van der Waals surface area contributed by atoms with Gasteiger partial charge in [-0.05, 0) is 85.6 Å². The van der Waals surface area contributed by atoms with Crippen molar-refractivity contribution in [3.63, 3.8) is 0 Å². The Bertz CT molecular complexity index is 1320. The smallest absolute Gasteiger partial charge is 0.343 e. The van der Waals surface area contributed by atoms with Gasteiger partial charge in [0.25, 0.3) is 0 Å². The Balaban J connectivity index is 1.29. The lowest BCUT2D eigenvalue weighted by molar-refractivity contribution is -0.147. The summed E-state index contributed by atoms with van der Waals surface area (Å²) in [4.78, 5) is 51.3. The number of carbonyl (C=O) groups excluding carboxylic acids is 4. The molecule has 8 heteroatoms. The van der Waals surface area contributed by atoms with E-state index in [0.717, 1.165) is 21.3 Å². The van der Waals surface area contributed by atoms with E-state index in [2.05, 4.69) is 15.9 Å². The van der Waals surface area contributed by atoms with Crippen LogP contribution in [0.2, 0.25) is 0 Å². The monoisotopic (exact) mass is 549 g/mol. The van der Waals surface area contributed by atoms with Gasteiger partial charge >= 0.3 is 11.9 Å². The summed E-state index contributed by atoms with van der Waals surface area (Å²) in [5.74, 6) is -2.00. The van der Waals surface area contributed by atoms with E-state index in [1.54, 1.807) is 29.2 Å². The maximum absolute atomic E-state index is 12.5. The number of Topliss-reactive ketones (excluding diaryl/α,β-unsaturated/α-hetero) is 1. The Morgan fingerprint density at radius 2 is 1.58 bits per heavy atom. The second-order valence-electron chi connectivity index (χ2n) is 8.63. The fourth-order valence-corrected chi connectivity index (χ4v) is 4.07. The topological polar surface area (TPSA) is 90.0 Å². The van der Waals surface area contributed by atoms with Gasteiger partial charge in [0.1, 0.15) is 5.75 Å². The fourth-order valence-electron chi connectivity index (χ4n) is 3.81. The van der Waals surface area contributed by atoms with E-state index >= 15 is 0 Å². The van der Waals surface area contributed by atoms with Gasteiger partial charge in [-0.2, -0.15) is 0 Å². The molecule has 1 fully saturated rings. The molecule has 1 amide bonds. The highest BCUT2D eigenvalue weighted by Crippen LogP contribution is 2.27. The minimum absolute atomic E-state index is 0.0401. The van der Waals surface area contributed by atoms with E-state index in [4.69, 9.17) is 9.47 Å². The van der Waals surface area contributed by atoms with Gasteiger partial charge < -0.3 is 14.4 Å². The quantitative estimate of drug-likeness (QED) is 0.232. The number of halogens is 1. The van der Waals surface area contributed by atoms with Crippen molar-refractivity contribution in [1.82, 2.24) is 0 Å². The molecule has 0 aliphatic carbocycles. The number of benzene rings is 3. The fraction of sp³-hybridized carbons (Fsp3) is 0.214. The Labute approximate surface area is 217 Å². The molecule has 184 valence electrons.